The molecule has 2 atom stereocenters. The van der Waals surface area contributed by atoms with Crippen molar-refractivity contribution in [3.63, 3.8) is 0 Å². The topological polar surface area (TPSA) is 45.5 Å². The van der Waals surface area contributed by atoms with Gasteiger partial charge in [0.05, 0.1) is 0 Å². The lowest BCUT2D eigenvalue weighted by Crippen LogP contribution is -2.26. The lowest BCUT2D eigenvalue weighted by Gasteiger charge is -2.14. The highest BCUT2D eigenvalue weighted by Crippen LogP contribution is 2.29. The van der Waals surface area contributed by atoms with E-state index in [4.69, 9.17) is 0 Å². The maximum Gasteiger partial charge on any atom is 0.245 e. The summed E-state index contributed by atoms with van der Waals surface area (Å²) in [6.45, 7) is 6.55. The van der Waals surface area contributed by atoms with E-state index in [2.05, 4.69) is 33.3 Å². The molecule has 2 aromatic rings. The lowest BCUT2D eigenvalue weighted by molar-refractivity contribution is 0.533. The molecule has 2 fully saturated rings. The molecule has 0 aliphatic carbocycles. The number of nitrogens with zero attached hydrogens (tertiary/aromatic N) is 4. The maximum absolute atomic E-state index is 4.68. The van der Waals surface area contributed by atoms with Gasteiger partial charge in [-0.05, 0) is 30.4 Å². The molecule has 0 spiro atoms. The second-order valence-corrected chi connectivity index (χ2v) is 5.45. The van der Waals surface area contributed by atoms with Crippen LogP contribution in [-0.2, 0) is 0 Å². The number of hydrogen-bond donors (Lipinski definition) is 1. The molecular weight excluding hydrogens is 226 g/mol. The van der Waals surface area contributed by atoms with Crippen molar-refractivity contribution in [2.75, 3.05) is 31.1 Å². The third-order valence-electron chi connectivity index (χ3n) is 4.22. The molecule has 4 rings (SSSR count). The van der Waals surface area contributed by atoms with Crippen LogP contribution in [0, 0.1) is 18.8 Å². The number of anilines is 1. The third-order valence-corrected chi connectivity index (χ3v) is 4.22. The van der Waals surface area contributed by atoms with Crippen LogP contribution in [0.4, 0.5) is 5.95 Å². The second kappa shape index (κ2) is 3.68. The zero-order valence-electron chi connectivity index (χ0n) is 10.5. The Morgan fingerprint density at radius 2 is 2.06 bits per heavy atom. The second-order valence-electron chi connectivity index (χ2n) is 5.45. The first kappa shape index (κ1) is 10.3. The van der Waals surface area contributed by atoms with E-state index < -0.39 is 0 Å². The molecule has 0 aromatic carbocycles. The molecule has 2 aromatic heterocycles. The Hall–Kier alpha value is -1.62. The molecule has 2 aliphatic rings. The first-order valence-corrected chi connectivity index (χ1v) is 6.59. The van der Waals surface area contributed by atoms with Crippen molar-refractivity contribution in [2.45, 2.75) is 6.92 Å². The van der Waals surface area contributed by atoms with Gasteiger partial charge in [-0.15, -0.1) is 5.10 Å². The number of aromatic nitrogens is 3. The van der Waals surface area contributed by atoms with Crippen molar-refractivity contribution in [2.24, 2.45) is 11.8 Å². The van der Waals surface area contributed by atoms with E-state index in [0.29, 0.717) is 0 Å². The molecule has 0 saturated carbocycles. The van der Waals surface area contributed by atoms with Crippen LogP contribution in [0.15, 0.2) is 18.3 Å². The van der Waals surface area contributed by atoms with Crippen molar-refractivity contribution < 1.29 is 0 Å². The predicted octanol–water partition coefficient (Wildman–Crippen LogP) is 0.693. The molecule has 0 amide bonds. The van der Waals surface area contributed by atoms with Crippen LogP contribution in [0.2, 0.25) is 0 Å². The number of pyridine rings is 1. The Balaban J connectivity index is 1.69. The Labute approximate surface area is 106 Å². The fourth-order valence-corrected chi connectivity index (χ4v) is 3.18. The summed E-state index contributed by atoms with van der Waals surface area (Å²) in [4.78, 5) is 7.01. The quantitative estimate of drug-likeness (QED) is 0.800. The number of rotatable bonds is 1. The van der Waals surface area contributed by atoms with Gasteiger partial charge in [0.15, 0.2) is 5.65 Å². The van der Waals surface area contributed by atoms with Crippen LogP contribution in [0.3, 0.4) is 0 Å². The minimum absolute atomic E-state index is 0.776. The highest BCUT2D eigenvalue weighted by atomic mass is 15.4. The SMILES string of the molecule is Cc1cccn2nc(N3CC4CNCC4C3)nc12. The molecule has 5 nitrogen and oxygen atoms in total. The van der Waals surface area contributed by atoms with Crippen LogP contribution in [-0.4, -0.2) is 40.8 Å². The molecule has 0 bridgehead atoms. The van der Waals surface area contributed by atoms with Crippen LogP contribution in [0.1, 0.15) is 5.56 Å². The standard InChI is InChI=1S/C13H17N5/c1-9-3-2-4-18-12(9)15-13(16-18)17-7-10-5-14-6-11(10)8-17/h2-4,10-11,14H,5-8H2,1H3. The van der Waals surface area contributed by atoms with E-state index in [9.17, 15) is 0 Å². The number of nitrogens with one attached hydrogen (secondary N) is 1. The van der Waals surface area contributed by atoms with Crippen LogP contribution in [0.25, 0.3) is 5.65 Å². The summed E-state index contributed by atoms with van der Waals surface area (Å²) in [5.41, 5.74) is 2.15. The van der Waals surface area contributed by atoms with Crippen molar-refractivity contribution in [1.82, 2.24) is 19.9 Å². The summed E-state index contributed by atoms with van der Waals surface area (Å²) >= 11 is 0. The molecule has 94 valence electrons. The highest BCUT2D eigenvalue weighted by Gasteiger charge is 2.37. The molecule has 2 saturated heterocycles. The summed E-state index contributed by atoms with van der Waals surface area (Å²) in [6.07, 6.45) is 1.97. The van der Waals surface area contributed by atoms with E-state index >= 15 is 0 Å². The fourth-order valence-electron chi connectivity index (χ4n) is 3.18. The summed E-state index contributed by atoms with van der Waals surface area (Å²) in [5.74, 6) is 2.44. The molecule has 2 unspecified atom stereocenters. The van der Waals surface area contributed by atoms with E-state index in [1.165, 1.54) is 5.56 Å². The summed E-state index contributed by atoms with van der Waals surface area (Å²) < 4.78 is 1.89. The largest absolute Gasteiger partial charge is 0.339 e. The average molecular weight is 243 g/mol. The Morgan fingerprint density at radius 3 is 2.78 bits per heavy atom. The highest BCUT2D eigenvalue weighted by molar-refractivity contribution is 5.51. The van der Waals surface area contributed by atoms with Gasteiger partial charge in [0.25, 0.3) is 0 Å². The molecule has 1 N–H and O–H groups in total. The van der Waals surface area contributed by atoms with E-state index in [-0.39, 0.29) is 0 Å². The molecule has 5 heteroatoms. The summed E-state index contributed by atoms with van der Waals surface area (Å²) in [7, 11) is 0. The van der Waals surface area contributed by atoms with Gasteiger partial charge >= 0.3 is 0 Å². The summed E-state index contributed by atoms with van der Waals surface area (Å²) in [6, 6.07) is 4.10. The molecule has 2 aliphatic heterocycles. The van der Waals surface area contributed by atoms with Gasteiger partial charge in [0.1, 0.15) is 0 Å². The van der Waals surface area contributed by atoms with Crippen LogP contribution < -0.4 is 10.2 Å². The maximum atomic E-state index is 4.68. The first-order chi connectivity index (χ1) is 8.81. The number of aryl methyl sites for hydroxylation is 1. The van der Waals surface area contributed by atoms with E-state index in [1.807, 2.05) is 16.8 Å². The minimum Gasteiger partial charge on any atom is -0.339 e. The van der Waals surface area contributed by atoms with Crippen LogP contribution in [0.5, 0.6) is 0 Å². The minimum atomic E-state index is 0.776. The van der Waals surface area contributed by atoms with Gasteiger partial charge in [-0.25, -0.2) is 4.52 Å². The molecule has 0 radical (unpaired) electrons. The average Bonchev–Trinajstić information content (AvgIpc) is 3.01. The van der Waals surface area contributed by atoms with Gasteiger partial charge in [-0.2, -0.15) is 4.98 Å². The van der Waals surface area contributed by atoms with Crippen molar-refractivity contribution in [3.8, 4) is 0 Å². The van der Waals surface area contributed by atoms with Gasteiger partial charge < -0.3 is 10.2 Å². The normalized spacial score (nSPS) is 27.1. The predicted molar refractivity (Wildman–Crippen MR) is 69.8 cm³/mol. The molecule has 4 heterocycles. The van der Waals surface area contributed by atoms with Gasteiger partial charge in [0, 0.05) is 32.4 Å². The summed E-state index contributed by atoms with van der Waals surface area (Å²) in [5, 5.41) is 8.05. The van der Waals surface area contributed by atoms with E-state index in [0.717, 1.165) is 49.6 Å². The Morgan fingerprint density at radius 1 is 1.28 bits per heavy atom. The fraction of sp³-hybridized carbons (Fsp3) is 0.538. The smallest absolute Gasteiger partial charge is 0.245 e. The third kappa shape index (κ3) is 1.43. The van der Waals surface area contributed by atoms with Gasteiger partial charge in [-0.3, -0.25) is 0 Å². The van der Waals surface area contributed by atoms with Crippen molar-refractivity contribution in [3.05, 3.63) is 23.9 Å². The number of fused-ring (bicyclic) bond motifs is 2. The Kier molecular flexibility index (Phi) is 2.11. The van der Waals surface area contributed by atoms with Crippen molar-refractivity contribution >= 4 is 11.6 Å². The Bertz CT molecular complexity index is 578. The zero-order chi connectivity index (χ0) is 12.1. The van der Waals surface area contributed by atoms with Crippen molar-refractivity contribution in [1.29, 1.82) is 0 Å². The number of hydrogen-bond acceptors (Lipinski definition) is 4. The lowest BCUT2D eigenvalue weighted by atomic mass is 10.0. The van der Waals surface area contributed by atoms with Crippen LogP contribution >= 0.6 is 0 Å². The monoisotopic (exact) mass is 243 g/mol. The molecular formula is C13H17N5. The molecule has 18 heavy (non-hydrogen) atoms. The van der Waals surface area contributed by atoms with Gasteiger partial charge in [-0.1, -0.05) is 6.07 Å². The van der Waals surface area contributed by atoms with E-state index in [1.54, 1.807) is 0 Å². The zero-order valence-corrected chi connectivity index (χ0v) is 10.5. The first-order valence-electron chi connectivity index (χ1n) is 6.59. The van der Waals surface area contributed by atoms with Gasteiger partial charge in [0.2, 0.25) is 5.95 Å².